The summed E-state index contributed by atoms with van der Waals surface area (Å²) in [5, 5.41) is 17.9. The summed E-state index contributed by atoms with van der Waals surface area (Å²) in [6.07, 6.45) is 1.99. The first-order valence-corrected chi connectivity index (χ1v) is 9.44. The van der Waals surface area contributed by atoms with Crippen LogP contribution in [0, 0.1) is 0 Å². The van der Waals surface area contributed by atoms with Gasteiger partial charge in [-0.05, 0) is 32.0 Å². The van der Waals surface area contributed by atoms with Gasteiger partial charge in [0.05, 0.1) is 13.2 Å². The SMILES string of the molecule is CN(CCO)Cc1nnc(C2CCN(c3nc4ccccc4o3)CC2)n1C. The van der Waals surface area contributed by atoms with Crippen LogP contribution in [0.25, 0.3) is 11.1 Å². The van der Waals surface area contributed by atoms with E-state index in [9.17, 15) is 0 Å². The summed E-state index contributed by atoms with van der Waals surface area (Å²) in [6.45, 7) is 3.25. The molecule has 0 bridgehead atoms. The lowest BCUT2D eigenvalue weighted by Gasteiger charge is -2.30. The zero-order chi connectivity index (χ0) is 18.8. The van der Waals surface area contributed by atoms with E-state index in [1.165, 1.54) is 0 Å². The predicted molar refractivity (Wildman–Crippen MR) is 103 cm³/mol. The lowest BCUT2D eigenvalue weighted by atomic mass is 9.96. The topological polar surface area (TPSA) is 83.4 Å². The van der Waals surface area contributed by atoms with Crippen LogP contribution in [0.2, 0.25) is 0 Å². The first kappa shape index (κ1) is 17.9. The van der Waals surface area contributed by atoms with Crippen molar-refractivity contribution in [3.63, 3.8) is 0 Å². The molecule has 3 heterocycles. The predicted octanol–water partition coefficient (Wildman–Crippen LogP) is 1.76. The molecule has 0 atom stereocenters. The molecular formula is C19H26N6O2. The maximum Gasteiger partial charge on any atom is 0.298 e. The molecule has 0 aliphatic carbocycles. The Hall–Kier alpha value is -2.45. The zero-order valence-electron chi connectivity index (χ0n) is 15.9. The maximum absolute atomic E-state index is 9.06. The van der Waals surface area contributed by atoms with E-state index in [4.69, 9.17) is 9.52 Å². The van der Waals surface area contributed by atoms with Crippen LogP contribution in [0.15, 0.2) is 28.7 Å². The summed E-state index contributed by atoms with van der Waals surface area (Å²) in [5.74, 6) is 2.36. The fourth-order valence-electron chi connectivity index (χ4n) is 3.68. The van der Waals surface area contributed by atoms with Crippen molar-refractivity contribution in [2.45, 2.75) is 25.3 Å². The molecule has 1 saturated heterocycles. The van der Waals surface area contributed by atoms with Gasteiger partial charge in [-0.2, -0.15) is 4.98 Å². The van der Waals surface area contributed by atoms with E-state index in [-0.39, 0.29) is 6.61 Å². The number of hydrogen-bond donors (Lipinski definition) is 1. The lowest BCUT2D eigenvalue weighted by Crippen LogP contribution is -2.33. The highest BCUT2D eigenvalue weighted by Gasteiger charge is 2.27. The molecule has 0 unspecified atom stereocenters. The van der Waals surface area contributed by atoms with Gasteiger partial charge in [-0.1, -0.05) is 12.1 Å². The van der Waals surface area contributed by atoms with Crippen molar-refractivity contribution in [1.82, 2.24) is 24.6 Å². The average Bonchev–Trinajstić information content (AvgIpc) is 3.26. The highest BCUT2D eigenvalue weighted by atomic mass is 16.4. The van der Waals surface area contributed by atoms with Gasteiger partial charge in [-0.15, -0.1) is 10.2 Å². The molecule has 144 valence electrons. The van der Waals surface area contributed by atoms with Crippen LogP contribution in [0.5, 0.6) is 0 Å². The van der Waals surface area contributed by atoms with E-state index in [1.54, 1.807) is 0 Å². The third-order valence-electron chi connectivity index (χ3n) is 5.30. The Bertz CT molecular complexity index is 864. The number of fused-ring (bicyclic) bond motifs is 1. The quantitative estimate of drug-likeness (QED) is 0.708. The van der Waals surface area contributed by atoms with Crippen LogP contribution in [-0.2, 0) is 13.6 Å². The van der Waals surface area contributed by atoms with Gasteiger partial charge in [-0.3, -0.25) is 4.90 Å². The van der Waals surface area contributed by atoms with Crippen LogP contribution in [0.3, 0.4) is 0 Å². The van der Waals surface area contributed by atoms with E-state index in [0.717, 1.165) is 48.7 Å². The van der Waals surface area contributed by atoms with Crippen molar-refractivity contribution in [3.05, 3.63) is 35.9 Å². The van der Waals surface area contributed by atoms with Gasteiger partial charge in [0.25, 0.3) is 6.01 Å². The number of likely N-dealkylation sites (N-methyl/N-ethyl adjacent to an activating group) is 1. The third-order valence-corrected chi connectivity index (χ3v) is 5.30. The molecule has 4 rings (SSSR count). The Balaban J connectivity index is 1.41. The van der Waals surface area contributed by atoms with Crippen LogP contribution in [0.4, 0.5) is 6.01 Å². The summed E-state index contributed by atoms with van der Waals surface area (Å²) in [6, 6.07) is 8.58. The summed E-state index contributed by atoms with van der Waals surface area (Å²) in [7, 11) is 4.01. The Morgan fingerprint density at radius 3 is 2.74 bits per heavy atom. The monoisotopic (exact) mass is 370 g/mol. The van der Waals surface area contributed by atoms with Crippen molar-refractivity contribution in [2.24, 2.45) is 7.05 Å². The minimum absolute atomic E-state index is 0.148. The van der Waals surface area contributed by atoms with Gasteiger partial charge in [0, 0.05) is 32.6 Å². The summed E-state index contributed by atoms with van der Waals surface area (Å²) in [4.78, 5) is 8.86. The molecule has 1 aliphatic rings. The standard InChI is InChI=1S/C19H26N6O2/c1-23(11-12-26)13-17-21-22-18(24(17)2)14-7-9-25(10-8-14)19-20-15-5-3-4-6-16(15)27-19/h3-6,14,26H,7-13H2,1-2H3. The van der Waals surface area contributed by atoms with Crippen LogP contribution in [-0.4, -0.2) is 63.0 Å². The number of aromatic nitrogens is 4. The maximum atomic E-state index is 9.06. The van der Waals surface area contributed by atoms with Crippen LogP contribution in [0.1, 0.15) is 30.4 Å². The Kier molecular flexibility index (Phi) is 5.09. The molecule has 0 saturated carbocycles. The van der Waals surface area contributed by atoms with E-state index in [1.807, 2.05) is 43.3 Å². The molecular weight excluding hydrogens is 344 g/mol. The number of nitrogens with zero attached hydrogens (tertiary/aromatic N) is 6. The second-order valence-electron chi connectivity index (χ2n) is 7.22. The number of piperidine rings is 1. The molecule has 0 spiro atoms. The number of rotatable bonds is 6. The van der Waals surface area contributed by atoms with Crippen LogP contribution >= 0.6 is 0 Å². The zero-order valence-corrected chi connectivity index (χ0v) is 15.9. The molecule has 27 heavy (non-hydrogen) atoms. The van der Waals surface area contributed by atoms with Crippen molar-refractivity contribution in [2.75, 3.05) is 38.2 Å². The van der Waals surface area contributed by atoms with Crippen molar-refractivity contribution in [3.8, 4) is 0 Å². The van der Waals surface area contributed by atoms with Crippen molar-refractivity contribution >= 4 is 17.1 Å². The number of hydrogen-bond acceptors (Lipinski definition) is 7. The second-order valence-corrected chi connectivity index (χ2v) is 7.22. The van der Waals surface area contributed by atoms with E-state index in [2.05, 4.69) is 24.6 Å². The van der Waals surface area contributed by atoms with Gasteiger partial charge >= 0.3 is 0 Å². The van der Waals surface area contributed by atoms with Crippen LogP contribution < -0.4 is 4.90 Å². The van der Waals surface area contributed by atoms with E-state index < -0.39 is 0 Å². The molecule has 2 aromatic heterocycles. The third kappa shape index (κ3) is 3.68. The van der Waals surface area contributed by atoms with E-state index in [0.29, 0.717) is 25.0 Å². The highest BCUT2D eigenvalue weighted by molar-refractivity contribution is 5.74. The number of aliphatic hydroxyl groups is 1. The first-order valence-electron chi connectivity index (χ1n) is 9.44. The largest absolute Gasteiger partial charge is 0.423 e. The van der Waals surface area contributed by atoms with Gasteiger partial charge in [-0.25, -0.2) is 0 Å². The number of aliphatic hydroxyl groups excluding tert-OH is 1. The van der Waals surface area contributed by atoms with Crippen molar-refractivity contribution in [1.29, 1.82) is 0 Å². The molecule has 3 aromatic rings. The fraction of sp³-hybridized carbons (Fsp3) is 0.526. The Morgan fingerprint density at radius 2 is 2.00 bits per heavy atom. The molecule has 1 aromatic carbocycles. The Labute approximate surface area is 158 Å². The van der Waals surface area contributed by atoms with Gasteiger partial charge in [0.1, 0.15) is 17.2 Å². The summed E-state index contributed by atoms with van der Waals surface area (Å²) >= 11 is 0. The number of anilines is 1. The summed E-state index contributed by atoms with van der Waals surface area (Å²) < 4.78 is 8.00. The fourth-order valence-corrected chi connectivity index (χ4v) is 3.68. The molecule has 8 heteroatoms. The molecule has 1 N–H and O–H groups in total. The summed E-state index contributed by atoms with van der Waals surface area (Å²) in [5.41, 5.74) is 1.74. The molecule has 8 nitrogen and oxygen atoms in total. The molecule has 0 amide bonds. The van der Waals surface area contributed by atoms with Gasteiger partial charge < -0.3 is 19.0 Å². The van der Waals surface area contributed by atoms with Crippen molar-refractivity contribution < 1.29 is 9.52 Å². The molecule has 1 aliphatic heterocycles. The number of para-hydroxylation sites is 2. The smallest absolute Gasteiger partial charge is 0.298 e. The molecule has 0 radical (unpaired) electrons. The minimum Gasteiger partial charge on any atom is -0.423 e. The van der Waals surface area contributed by atoms with E-state index >= 15 is 0 Å². The first-order chi connectivity index (χ1) is 13.2. The lowest BCUT2D eigenvalue weighted by molar-refractivity contribution is 0.213. The average molecular weight is 370 g/mol. The van der Waals surface area contributed by atoms with Gasteiger partial charge in [0.2, 0.25) is 0 Å². The Morgan fingerprint density at radius 1 is 1.22 bits per heavy atom. The normalized spacial score (nSPS) is 15.9. The number of benzene rings is 1. The molecule has 1 fully saturated rings. The highest BCUT2D eigenvalue weighted by Crippen LogP contribution is 2.30. The number of oxazole rings is 1. The minimum atomic E-state index is 0.148. The van der Waals surface area contributed by atoms with Gasteiger partial charge in [0.15, 0.2) is 5.58 Å². The second kappa shape index (κ2) is 7.66.